The van der Waals surface area contributed by atoms with Gasteiger partial charge in [-0.1, -0.05) is 0 Å². The second-order valence-electron chi connectivity index (χ2n) is 14.6. The van der Waals surface area contributed by atoms with Gasteiger partial charge in [-0.3, -0.25) is 0 Å². The molecule has 10 heterocycles. The molecule has 61 heavy (non-hydrogen) atoms. The largest absolute Gasteiger partial charge is 1.00 e. The molecule has 1 N–H and O–H groups in total. The van der Waals surface area contributed by atoms with Crippen LogP contribution in [0.25, 0.3) is 96.9 Å². The summed E-state index contributed by atoms with van der Waals surface area (Å²) in [7, 11) is 8.34. The van der Waals surface area contributed by atoms with Crippen LogP contribution in [0.15, 0.2) is 135 Å². The van der Waals surface area contributed by atoms with E-state index in [2.05, 4.69) is 210 Å². The van der Waals surface area contributed by atoms with Crippen LogP contribution in [0, 0.1) is 0 Å². The van der Waals surface area contributed by atoms with E-state index in [9.17, 15) is 0 Å². The molecule has 0 spiro atoms. The van der Waals surface area contributed by atoms with Crippen LogP contribution < -0.4 is 67.9 Å². The Labute approximate surface area is 391 Å². The molecule has 0 atom stereocenters. The maximum absolute atomic E-state index is 5.56. The summed E-state index contributed by atoms with van der Waals surface area (Å²) in [5.41, 5.74) is 15.3. The Morgan fingerprint density at radius 3 is 1.07 bits per heavy atom. The van der Waals surface area contributed by atoms with E-state index in [1.54, 1.807) is 0 Å². The van der Waals surface area contributed by atoms with Gasteiger partial charge in [-0.15, -0.1) is 0 Å². The van der Waals surface area contributed by atoms with Crippen molar-refractivity contribution in [3.63, 3.8) is 0 Å². The summed E-state index contributed by atoms with van der Waals surface area (Å²) in [5.74, 6) is 0. The zero-order chi connectivity index (χ0) is 38.6. The maximum Gasteiger partial charge on any atom is -1.00 e. The number of H-pyrrole nitrogens is 1. The van der Waals surface area contributed by atoms with Crippen molar-refractivity contribution in [1.29, 1.82) is 0 Å². The van der Waals surface area contributed by atoms with Gasteiger partial charge in [-0.25, -0.2) is 0 Å². The first-order chi connectivity index (χ1) is 27.8. The Bertz CT molecular complexity index is 3220. The molecule has 0 amide bonds. The van der Waals surface area contributed by atoms with Gasteiger partial charge in [-0.05, 0) is 0 Å². The van der Waals surface area contributed by atoms with E-state index in [-0.39, 0.29) is 78.6 Å². The van der Waals surface area contributed by atoms with Gasteiger partial charge in [0.1, 0.15) is 0 Å². The van der Waals surface area contributed by atoms with Crippen LogP contribution in [-0.2, 0) is 28.2 Å². The Balaban J connectivity index is 0.00000156. The number of aryl methyl sites for hydroxylation is 4. The van der Waals surface area contributed by atoms with E-state index in [1.165, 1.54) is 39.3 Å². The molecule has 306 valence electrons. The van der Waals surface area contributed by atoms with E-state index in [4.69, 9.17) is 9.97 Å². The number of aromatic amines is 1. The normalized spacial score (nSPS) is 11.3. The summed E-state index contributed by atoms with van der Waals surface area (Å²) in [6.45, 7) is 0. The van der Waals surface area contributed by atoms with E-state index >= 15 is 0 Å². The van der Waals surface area contributed by atoms with Crippen LogP contribution in [0.5, 0.6) is 0 Å². The molecule has 8 aromatic heterocycles. The molecule has 0 unspecified atom stereocenters. The average Bonchev–Trinajstić information content (AvgIpc) is 4.05. The smallest absolute Gasteiger partial charge is 1.00 e. The molecule has 0 saturated carbocycles. The Morgan fingerprint density at radius 2 is 0.689 bits per heavy atom. The number of hydrogen-bond donors (Lipinski definition) is 1. The number of hydrogen-bond acceptors (Lipinski definition) is 2. The molecule has 0 fully saturated rings. The van der Waals surface area contributed by atoms with Crippen LogP contribution in [-0.4, -0.2) is 44.0 Å². The number of halogens is 4. The summed E-state index contributed by atoms with van der Waals surface area (Å²) in [6.07, 6.45) is 26.0. The number of nitrogens with one attached hydrogen (secondary N) is 1. The second-order valence-corrected chi connectivity index (χ2v) is 19.1. The fourth-order valence-corrected chi connectivity index (χ4v) is 12.7. The summed E-state index contributed by atoms with van der Waals surface area (Å²) in [5, 5.41) is 0. The van der Waals surface area contributed by atoms with E-state index in [1.807, 2.05) is 0 Å². The molecule has 0 saturated heterocycles. The minimum Gasteiger partial charge on any atom is -1.00 e. The van der Waals surface area contributed by atoms with Crippen LogP contribution in [0.3, 0.4) is 0 Å². The van der Waals surface area contributed by atoms with Crippen molar-refractivity contribution in [3.8, 4) is 44.5 Å². The molecular weight excluding hydrogens is 974 g/mol. The predicted octanol–water partition coefficient (Wildman–Crippen LogP) is -4.86. The standard InChI is InChI=1S/C48H39N7Se2.4ClH/c1-52-23-5-9-31(27-52)45-37-15-13-35(49-37)36-14-16-38(50-36)46(32-10-6-24-53(2)28-32)42-20-22-44(57-42)48(34-12-8-26-55(4)30-34)40-18-17-39(51-40)47(43-21-19-41(45)56-43)33-11-7-25-54(3)29-33;;;;/h5-30,49H,1-4H3;4*1H/q+4;;;;/p-4. The van der Waals surface area contributed by atoms with Crippen molar-refractivity contribution in [2.75, 3.05) is 0 Å². The third kappa shape index (κ3) is 8.90. The van der Waals surface area contributed by atoms with Gasteiger partial charge in [-0.2, -0.15) is 0 Å². The molecule has 0 radical (unpaired) electrons. The quantitative estimate of drug-likeness (QED) is 0.142. The summed E-state index contributed by atoms with van der Waals surface area (Å²) >= 11 is -0.0442. The van der Waals surface area contributed by atoms with Crippen LogP contribution in [0.4, 0.5) is 0 Å². The van der Waals surface area contributed by atoms with Crippen molar-refractivity contribution in [3.05, 3.63) is 157 Å². The molecule has 2 aliphatic heterocycles. The van der Waals surface area contributed by atoms with Gasteiger partial charge in [0, 0.05) is 0 Å². The molecule has 13 heteroatoms. The SMILES string of the molecule is C[n+]1cccc(-c2c3nc(c(-c4ccc[n+](C)c4)c4ccc([se]4)c(-c4ccc[n+](C)c4)c4ccc([nH]4)c4nc(c(-c5ccc[n+](C)c5)c5ccc2[se]5)C=C4)C=C3)c1.[Cl-].[Cl-].[Cl-].[Cl-]. The minimum absolute atomic E-state index is 0. The average molecular weight is 1010 g/mol. The number of fused-ring (bicyclic) bond motifs is 11. The number of aromatic nitrogens is 7. The van der Waals surface area contributed by atoms with Gasteiger partial charge in [0.25, 0.3) is 0 Å². The fourth-order valence-electron chi connectivity index (χ4n) is 7.82. The second kappa shape index (κ2) is 19.0. The van der Waals surface area contributed by atoms with E-state index in [0.29, 0.717) is 0 Å². The van der Waals surface area contributed by atoms with Crippen LogP contribution >= 0.6 is 0 Å². The summed E-state index contributed by atoms with van der Waals surface area (Å²) in [6, 6.07) is 31.0. The number of pyridine rings is 4. The fraction of sp³-hybridized carbons (Fsp3) is 0.0833. The Hall–Kier alpha value is -4.92. The molecule has 2 aliphatic rings. The molecular formula is C48H39Cl4N7Se2. The zero-order valence-corrected chi connectivity index (χ0v) is 40.0. The predicted molar refractivity (Wildman–Crippen MR) is 231 cm³/mol. The Morgan fingerprint density at radius 1 is 0.377 bits per heavy atom. The first-order valence-corrected chi connectivity index (χ1v) is 22.3. The molecule has 7 nitrogen and oxygen atoms in total. The molecule has 0 aliphatic carbocycles. The first kappa shape index (κ1) is 45.6. The Kier molecular flexibility index (Phi) is 14.2. The van der Waals surface area contributed by atoms with Gasteiger partial charge in [0.15, 0.2) is 0 Å². The van der Waals surface area contributed by atoms with Crippen molar-refractivity contribution in [2.24, 2.45) is 28.2 Å². The third-order valence-electron chi connectivity index (χ3n) is 10.4. The molecule has 10 rings (SSSR count). The van der Waals surface area contributed by atoms with Crippen molar-refractivity contribution >= 4 is 81.4 Å². The monoisotopic (exact) mass is 1010 g/mol. The van der Waals surface area contributed by atoms with Crippen molar-refractivity contribution in [1.82, 2.24) is 15.0 Å². The van der Waals surface area contributed by atoms with Crippen molar-refractivity contribution in [2.45, 2.75) is 0 Å². The van der Waals surface area contributed by atoms with Gasteiger partial charge in [0.2, 0.25) is 0 Å². The third-order valence-corrected chi connectivity index (χ3v) is 15.1. The summed E-state index contributed by atoms with van der Waals surface area (Å²) in [4.78, 5) is 14.7. The molecule has 8 aromatic rings. The minimum atomic E-state index is -0.0282. The van der Waals surface area contributed by atoms with Gasteiger partial charge >= 0.3 is 345 Å². The van der Waals surface area contributed by atoms with Gasteiger partial charge in [0.05, 0.1) is 0 Å². The number of nitrogens with zero attached hydrogens (tertiary/aromatic N) is 6. The van der Waals surface area contributed by atoms with Crippen molar-refractivity contribution < 1.29 is 67.9 Å². The number of rotatable bonds is 4. The zero-order valence-electron chi connectivity index (χ0n) is 33.5. The molecule has 10 bridgehead atoms. The maximum atomic E-state index is 5.56. The first-order valence-electron chi connectivity index (χ1n) is 18.8. The van der Waals surface area contributed by atoms with Gasteiger partial charge < -0.3 is 49.6 Å². The van der Waals surface area contributed by atoms with E-state index < -0.39 is 0 Å². The van der Waals surface area contributed by atoms with Crippen LogP contribution in [0.1, 0.15) is 22.8 Å². The van der Waals surface area contributed by atoms with E-state index in [0.717, 1.165) is 56.1 Å². The van der Waals surface area contributed by atoms with Crippen LogP contribution in [0.2, 0.25) is 0 Å². The molecule has 0 aromatic carbocycles. The summed E-state index contributed by atoms with van der Waals surface area (Å²) < 4.78 is 13.7. The topological polar surface area (TPSA) is 57.1 Å².